The van der Waals surface area contributed by atoms with Gasteiger partial charge in [0, 0.05) is 5.56 Å². The minimum absolute atomic E-state index is 0.101. The van der Waals surface area contributed by atoms with Crippen LogP contribution in [0.2, 0.25) is 0 Å². The van der Waals surface area contributed by atoms with Crippen LogP contribution in [0.3, 0.4) is 0 Å². The molecule has 4 rings (SSSR count). The molecule has 0 aromatic heterocycles. The number of benzene rings is 1. The van der Waals surface area contributed by atoms with Crippen LogP contribution >= 0.6 is 0 Å². The third-order valence-corrected chi connectivity index (χ3v) is 6.04. The highest BCUT2D eigenvalue weighted by Crippen LogP contribution is 2.52. The molecule has 27 heavy (non-hydrogen) atoms. The summed E-state index contributed by atoms with van der Waals surface area (Å²) in [6.07, 6.45) is 4.84. The predicted molar refractivity (Wildman–Crippen MR) is 95.6 cm³/mol. The maximum absolute atomic E-state index is 12.5. The van der Waals surface area contributed by atoms with Crippen LogP contribution in [0.1, 0.15) is 27.9 Å². The number of hydrogen-bond donors (Lipinski definition) is 0. The van der Waals surface area contributed by atoms with Crippen molar-refractivity contribution in [3.05, 3.63) is 47.0 Å². The van der Waals surface area contributed by atoms with Crippen molar-refractivity contribution in [3.8, 4) is 0 Å². The first-order chi connectivity index (χ1) is 12.9. The van der Waals surface area contributed by atoms with Gasteiger partial charge in [0.1, 0.15) is 6.54 Å². The Kier molecular flexibility index (Phi) is 4.21. The molecule has 1 heterocycles. The Labute approximate surface area is 157 Å². The monoisotopic (exact) mass is 367 g/mol. The molecular formula is C21H21NO5. The second kappa shape index (κ2) is 6.44. The Morgan fingerprint density at radius 2 is 1.67 bits per heavy atom. The third-order valence-electron chi connectivity index (χ3n) is 6.04. The molecule has 1 aliphatic heterocycles. The fourth-order valence-corrected chi connectivity index (χ4v) is 4.44. The van der Waals surface area contributed by atoms with Crippen molar-refractivity contribution in [1.82, 2.24) is 4.90 Å². The van der Waals surface area contributed by atoms with Gasteiger partial charge < -0.3 is 4.74 Å². The molecule has 2 amide bonds. The predicted octanol–water partition coefficient (Wildman–Crippen LogP) is 1.84. The Balaban J connectivity index is 1.35. The summed E-state index contributed by atoms with van der Waals surface area (Å²) < 4.78 is 5.03. The van der Waals surface area contributed by atoms with Gasteiger partial charge in [0.25, 0.3) is 0 Å². The molecule has 2 bridgehead atoms. The maximum Gasteiger partial charge on any atom is 0.326 e. The molecule has 140 valence electrons. The number of aryl methyl sites for hydroxylation is 2. The number of hydrogen-bond acceptors (Lipinski definition) is 5. The van der Waals surface area contributed by atoms with Crippen LogP contribution in [0.15, 0.2) is 30.4 Å². The molecule has 2 fully saturated rings. The molecule has 0 radical (unpaired) electrons. The summed E-state index contributed by atoms with van der Waals surface area (Å²) in [7, 11) is 0. The highest BCUT2D eigenvalue weighted by Gasteiger charge is 2.59. The Morgan fingerprint density at radius 1 is 1.04 bits per heavy atom. The van der Waals surface area contributed by atoms with Crippen molar-refractivity contribution in [2.45, 2.75) is 20.3 Å². The number of Topliss-reactive ketones (excluding diaryl/α,β-unsaturated/α-hetero) is 1. The van der Waals surface area contributed by atoms with E-state index in [1.165, 1.54) is 0 Å². The first-order valence-corrected chi connectivity index (χ1v) is 9.16. The first kappa shape index (κ1) is 17.6. The van der Waals surface area contributed by atoms with Crippen molar-refractivity contribution >= 4 is 23.6 Å². The smallest absolute Gasteiger partial charge is 0.326 e. The van der Waals surface area contributed by atoms with Crippen LogP contribution in [0.25, 0.3) is 0 Å². The molecule has 4 atom stereocenters. The summed E-state index contributed by atoms with van der Waals surface area (Å²) in [6.45, 7) is 3.02. The van der Waals surface area contributed by atoms with Crippen LogP contribution < -0.4 is 0 Å². The molecule has 1 saturated heterocycles. The van der Waals surface area contributed by atoms with E-state index in [0.717, 1.165) is 22.4 Å². The molecular weight excluding hydrogens is 346 g/mol. The second-order valence-corrected chi connectivity index (χ2v) is 7.65. The van der Waals surface area contributed by atoms with Crippen LogP contribution in [-0.4, -0.2) is 41.6 Å². The summed E-state index contributed by atoms with van der Waals surface area (Å²) >= 11 is 0. The number of carbonyl (C=O) groups excluding carboxylic acids is 4. The van der Waals surface area contributed by atoms with Gasteiger partial charge in [0.2, 0.25) is 11.8 Å². The molecule has 1 aromatic rings. The lowest BCUT2D eigenvalue weighted by molar-refractivity contribution is -0.152. The number of nitrogens with zero attached hydrogens (tertiary/aromatic N) is 1. The summed E-state index contributed by atoms with van der Waals surface area (Å²) in [5.74, 6) is -2.11. The molecule has 6 heteroatoms. The van der Waals surface area contributed by atoms with Crippen LogP contribution in [-0.2, 0) is 19.1 Å². The number of amides is 2. The van der Waals surface area contributed by atoms with Crippen molar-refractivity contribution in [2.24, 2.45) is 23.7 Å². The lowest BCUT2D eigenvalue weighted by Crippen LogP contribution is -2.38. The maximum atomic E-state index is 12.5. The average molecular weight is 367 g/mol. The summed E-state index contributed by atoms with van der Waals surface area (Å²) in [5, 5.41) is 0. The van der Waals surface area contributed by atoms with Gasteiger partial charge in [-0.1, -0.05) is 24.3 Å². The standard InChI is InChI=1S/C21H21NO5/c1-11-3-4-13(7-12(11)2)16(23)10-27-17(24)9-22-20(25)18-14-5-6-15(8-14)19(18)21(22)26/h3-7,14-15,18-19H,8-10H2,1-2H3/t14-,15-,18-,19+/m0/s1. The van der Waals surface area contributed by atoms with Crippen molar-refractivity contribution in [3.63, 3.8) is 0 Å². The normalized spacial score (nSPS) is 28.0. The summed E-state index contributed by atoms with van der Waals surface area (Å²) in [4.78, 5) is 50.4. The van der Waals surface area contributed by atoms with Crippen LogP contribution in [0, 0.1) is 37.5 Å². The SMILES string of the molecule is Cc1ccc(C(=O)COC(=O)CN2C(=O)[C@@H]3[C@H](C2=O)[C@H]2C=C[C@H]3C2)cc1C. The van der Waals surface area contributed by atoms with E-state index in [1.807, 2.05) is 32.1 Å². The Morgan fingerprint density at radius 3 is 2.26 bits per heavy atom. The number of rotatable bonds is 5. The second-order valence-electron chi connectivity index (χ2n) is 7.65. The molecule has 1 saturated carbocycles. The zero-order chi connectivity index (χ0) is 19.3. The largest absolute Gasteiger partial charge is 0.456 e. The molecule has 0 N–H and O–H groups in total. The van der Waals surface area contributed by atoms with Gasteiger partial charge in [-0.15, -0.1) is 0 Å². The number of fused-ring (bicyclic) bond motifs is 5. The van der Waals surface area contributed by atoms with Gasteiger partial charge in [-0.3, -0.25) is 24.1 Å². The quantitative estimate of drug-likeness (QED) is 0.343. The molecule has 0 spiro atoms. The zero-order valence-electron chi connectivity index (χ0n) is 15.3. The first-order valence-electron chi connectivity index (χ1n) is 9.16. The number of esters is 1. The molecule has 2 aliphatic carbocycles. The minimum atomic E-state index is -0.742. The van der Waals surface area contributed by atoms with Crippen molar-refractivity contribution < 1.29 is 23.9 Å². The highest BCUT2D eigenvalue weighted by molar-refractivity contribution is 6.08. The van der Waals surface area contributed by atoms with Crippen molar-refractivity contribution in [2.75, 3.05) is 13.2 Å². The average Bonchev–Trinajstić information content (AvgIpc) is 3.32. The van der Waals surface area contributed by atoms with E-state index in [1.54, 1.807) is 12.1 Å². The van der Waals surface area contributed by atoms with E-state index in [4.69, 9.17) is 4.74 Å². The van der Waals surface area contributed by atoms with E-state index >= 15 is 0 Å². The molecule has 1 aromatic carbocycles. The third kappa shape index (κ3) is 2.89. The van der Waals surface area contributed by atoms with Gasteiger partial charge in [-0.2, -0.15) is 0 Å². The number of imide groups is 1. The number of carbonyl (C=O) groups is 4. The molecule has 3 aliphatic rings. The Hall–Kier alpha value is -2.76. The van der Waals surface area contributed by atoms with Gasteiger partial charge in [0.15, 0.2) is 12.4 Å². The van der Waals surface area contributed by atoms with Crippen LogP contribution in [0.4, 0.5) is 0 Å². The fourth-order valence-electron chi connectivity index (χ4n) is 4.44. The van der Waals surface area contributed by atoms with E-state index in [0.29, 0.717) is 5.56 Å². The summed E-state index contributed by atoms with van der Waals surface area (Å²) in [6, 6.07) is 5.28. The zero-order valence-corrected chi connectivity index (χ0v) is 15.3. The van der Waals surface area contributed by atoms with E-state index in [-0.39, 0.29) is 41.3 Å². The van der Waals surface area contributed by atoms with Crippen LogP contribution in [0.5, 0.6) is 0 Å². The van der Waals surface area contributed by atoms with Gasteiger partial charge in [-0.25, -0.2) is 0 Å². The van der Waals surface area contributed by atoms with Gasteiger partial charge in [0.05, 0.1) is 11.8 Å². The number of allylic oxidation sites excluding steroid dienone is 2. The van der Waals surface area contributed by atoms with Gasteiger partial charge >= 0.3 is 5.97 Å². The fraction of sp³-hybridized carbons (Fsp3) is 0.429. The minimum Gasteiger partial charge on any atom is -0.456 e. The van der Waals surface area contributed by atoms with Crippen molar-refractivity contribution in [1.29, 1.82) is 0 Å². The number of likely N-dealkylation sites (tertiary alicyclic amines) is 1. The van der Waals surface area contributed by atoms with E-state index < -0.39 is 19.1 Å². The topological polar surface area (TPSA) is 80.8 Å². The molecule has 6 nitrogen and oxygen atoms in total. The molecule has 0 unspecified atom stereocenters. The highest BCUT2D eigenvalue weighted by atomic mass is 16.5. The number of ketones is 1. The summed E-state index contributed by atoms with van der Waals surface area (Å²) in [5.41, 5.74) is 2.52. The van der Waals surface area contributed by atoms with Gasteiger partial charge in [-0.05, 0) is 49.3 Å². The Bertz CT molecular complexity index is 857. The lowest BCUT2D eigenvalue weighted by Gasteiger charge is -2.16. The van der Waals surface area contributed by atoms with E-state index in [2.05, 4.69) is 0 Å². The lowest BCUT2D eigenvalue weighted by atomic mass is 9.85. The van der Waals surface area contributed by atoms with E-state index in [9.17, 15) is 19.2 Å². The number of ether oxygens (including phenoxy) is 1.